The molecule has 1 aromatic carbocycles. The third-order valence-corrected chi connectivity index (χ3v) is 5.58. The lowest BCUT2D eigenvalue weighted by molar-refractivity contribution is -0.141. The van der Waals surface area contributed by atoms with Crippen molar-refractivity contribution in [1.29, 1.82) is 0 Å². The molecule has 0 aromatic heterocycles. The predicted octanol–water partition coefficient (Wildman–Crippen LogP) is 2.00. The van der Waals surface area contributed by atoms with Crippen LogP contribution in [0.3, 0.4) is 0 Å². The molecule has 1 unspecified atom stereocenters. The zero-order chi connectivity index (χ0) is 16.4. The molecule has 23 heavy (non-hydrogen) atoms. The summed E-state index contributed by atoms with van der Waals surface area (Å²) in [5.74, 6) is -0.116. The van der Waals surface area contributed by atoms with Gasteiger partial charge in [-0.3, -0.25) is 9.59 Å². The minimum absolute atomic E-state index is 0.0139. The number of piperidine rings is 1. The molecular formula is C17H22BrN3O2. The molecule has 1 atom stereocenters. The molecule has 124 valence electrons. The molecule has 2 saturated heterocycles. The number of hydrogen-bond donors (Lipinski definition) is 1. The van der Waals surface area contributed by atoms with Gasteiger partial charge in [-0.05, 0) is 59.8 Å². The highest BCUT2D eigenvalue weighted by Gasteiger charge is 2.40. The van der Waals surface area contributed by atoms with Gasteiger partial charge in [-0.1, -0.05) is 12.1 Å². The first-order valence-corrected chi connectivity index (χ1v) is 8.96. The van der Waals surface area contributed by atoms with Gasteiger partial charge in [0.2, 0.25) is 11.8 Å². The van der Waals surface area contributed by atoms with Crippen molar-refractivity contribution in [2.75, 3.05) is 31.1 Å². The van der Waals surface area contributed by atoms with Gasteiger partial charge in [0.15, 0.2) is 0 Å². The Morgan fingerprint density at radius 3 is 2.52 bits per heavy atom. The molecule has 3 rings (SSSR count). The zero-order valence-electron chi connectivity index (χ0n) is 13.1. The maximum absolute atomic E-state index is 12.7. The average molecular weight is 380 g/mol. The van der Waals surface area contributed by atoms with E-state index < -0.39 is 5.92 Å². The van der Waals surface area contributed by atoms with E-state index in [4.69, 9.17) is 5.73 Å². The SMILES string of the molecule is NCC1CCN(C(=O)C2CCN(c3ccccc3Br)C2=O)CC1. The maximum atomic E-state index is 12.7. The van der Waals surface area contributed by atoms with Gasteiger partial charge in [0.05, 0.1) is 5.69 Å². The Hall–Kier alpha value is -1.40. The molecule has 5 nitrogen and oxygen atoms in total. The van der Waals surface area contributed by atoms with Crippen molar-refractivity contribution in [2.24, 2.45) is 17.6 Å². The molecule has 0 aliphatic carbocycles. The van der Waals surface area contributed by atoms with E-state index in [-0.39, 0.29) is 11.8 Å². The topological polar surface area (TPSA) is 66.6 Å². The molecule has 2 amide bonds. The molecule has 1 aromatic rings. The molecule has 0 radical (unpaired) electrons. The first-order valence-electron chi connectivity index (χ1n) is 8.16. The Bertz CT molecular complexity index is 599. The van der Waals surface area contributed by atoms with Gasteiger partial charge in [0, 0.05) is 24.1 Å². The number of carbonyl (C=O) groups excluding carboxylic acids is 2. The van der Waals surface area contributed by atoms with Crippen molar-refractivity contribution in [1.82, 2.24) is 4.90 Å². The summed E-state index contributed by atoms with van der Waals surface area (Å²) in [6.07, 6.45) is 2.48. The van der Waals surface area contributed by atoms with Crippen LogP contribution in [0.5, 0.6) is 0 Å². The molecule has 0 saturated carbocycles. The summed E-state index contributed by atoms with van der Waals surface area (Å²) in [7, 11) is 0. The second kappa shape index (κ2) is 7.01. The van der Waals surface area contributed by atoms with Crippen molar-refractivity contribution in [3.05, 3.63) is 28.7 Å². The number of nitrogens with zero attached hydrogens (tertiary/aromatic N) is 2. The van der Waals surface area contributed by atoms with Crippen LogP contribution >= 0.6 is 15.9 Å². The fourth-order valence-corrected chi connectivity index (χ4v) is 3.93. The molecular weight excluding hydrogens is 358 g/mol. The van der Waals surface area contributed by atoms with Gasteiger partial charge >= 0.3 is 0 Å². The highest BCUT2D eigenvalue weighted by Crippen LogP contribution is 2.32. The van der Waals surface area contributed by atoms with Crippen molar-refractivity contribution in [2.45, 2.75) is 19.3 Å². The van der Waals surface area contributed by atoms with Crippen LogP contribution in [0.2, 0.25) is 0 Å². The van der Waals surface area contributed by atoms with Crippen LogP contribution in [0.4, 0.5) is 5.69 Å². The fourth-order valence-electron chi connectivity index (χ4n) is 3.43. The van der Waals surface area contributed by atoms with Gasteiger partial charge in [0.25, 0.3) is 0 Å². The Labute approximate surface area is 144 Å². The summed E-state index contributed by atoms with van der Waals surface area (Å²) >= 11 is 3.48. The number of anilines is 1. The largest absolute Gasteiger partial charge is 0.342 e. The summed E-state index contributed by atoms with van der Waals surface area (Å²) in [4.78, 5) is 29.0. The maximum Gasteiger partial charge on any atom is 0.239 e. The molecule has 2 fully saturated rings. The molecule has 2 aliphatic rings. The Morgan fingerprint density at radius 1 is 1.17 bits per heavy atom. The van der Waals surface area contributed by atoms with Crippen LogP contribution in [0.25, 0.3) is 0 Å². The van der Waals surface area contributed by atoms with E-state index in [1.54, 1.807) is 4.90 Å². The van der Waals surface area contributed by atoms with Gasteiger partial charge in [-0.25, -0.2) is 0 Å². The minimum atomic E-state index is -0.531. The van der Waals surface area contributed by atoms with Gasteiger partial charge in [-0.2, -0.15) is 0 Å². The average Bonchev–Trinajstić information content (AvgIpc) is 2.96. The lowest BCUT2D eigenvalue weighted by Gasteiger charge is -2.32. The number of amides is 2. The molecule has 6 heteroatoms. The Morgan fingerprint density at radius 2 is 1.87 bits per heavy atom. The first-order chi connectivity index (χ1) is 11.1. The Balaban J connectivity index is 1.67. The Kier molecular flexibility index (Phi) is 5.02. The third-order valence-electron chi connectivity index (χ3n) is 4.91. The third kappa shape index (κ3) is 3.28. The number of rotatable bonds is 3. The van der Waals surface area contributed by atoms with Gasteiger partial charge < -0.3 is 15.5 Å². The molecule has 2 heterocycles. The van der Waals surface area contributed by atoms with Crippen LogP contribution in [0, 0.1) is 11.8 Å². The summed E-state index contributed by atoms with van der Waals surface area (Å²) < 4.78 is 0.880. The van der Waals surface area contributed by atoms with Crippen LogP contribution in [0.1, 0.15) is 19.3 Å². The van der Waals surface area contributed by atoms with E-state index in [9.17, 15) is 9.59 Å². The number of carbonyl (C=O) groups is 2. The van der Waals surface area contributed by atoms with Crippen molar-refractivity contribution in [3.8, 4) is 0 Å². The molecule has 0 spiro atoms. The first kappa shape index (κ1) is 16.5. The van der Waals surface area contributed by atoms with E-state index >= 15 is 0 Å². The van der Waals surface area contributed by atoms with E-state index in [1.807, 2.05) is 29.2 Å². The zero-order valence-corrected chi connectivity index (χ0v) is 14.7. The van der Waals surface area contributed by atoms with Crippen molar-refractivity contribution in [3.63, 3.8) is 0 Å². The number of hydrogen-bond acceptors (Lipinski definition) is 3. The molecule has 2 N–H and O–H groups in total. The number of likely N-dealkylation sites (tertiary alicyclic amines) is 1. The number of nitrogens with two attached hydrogens (primary N) is 1. The highest BCUT2D eigenvalue weighted by atomic mass is 79.9. The normalized spacial score (nSPS) is 22.7. The monoisotopic (exact) mass is 379 g/mol. The van der Waals surface area contributed by atoms with Gasteiger partial charge in [-0.15, -0.1) is 0 Å². The van der Waals surface area contributed by atoms with Crippen LogP contribution in [-0.4, -0.2) is 42.9 Å². The van der Waals surface area contributed by atoms with Crippen LogP contribution in [-0.2, 0) is 9.59 Å². The van der Waals surface area contributed by atoms with Crippen LogP contribution < -0.4 is 10.6 Å². The van der Waals surface area contributed by atoms with Gasteiger partial charge in [0.1, 0.15) is 5.92 Å². The number of halogens is 1. The van der Waals surface area contributed by atoms with E-state index in [0.717, 1.165) is 36.1 Å². The summed E-state index contributed by atoms with van der Waals surface area (Å²) in [5.41, 5.74) is 6.54. The summed E-state index contributed by atoms with van der Waals surface area (Å²) in [6.45, 7) is 2.72. The minimum Gasteiger partial charge on any atom is -0.342 e. The quantitative estimate of drug-likeness (QED) is 0.816. The molecule has 2 aliphatic heterocycles. The number of para-hydroxylation sites is 1. The second-order valence-electron chi connectivity index (χ2n) is 6.29. The van der Waals surface area contributed by atoms with E-state index in [0.29, 0.717) is 25.4 Å². The fraction of sp³-hybridized carbons (Fsp3) is 0.529. The van der Waals surface area contributed by atoms with E-state index in [2.05, 4.69) is 15.9 Å². The summed E-state index contributed by atoms with van der Waals surface area (Å²) in [5, 5.41) is 0. The van der Waals surface area contributed by atoms with Crippen LogP contribution in [0.15, 0.2) is 28.7 Å². The second-order valence-corrected chi connectivity index (χ2v) is 7.14. The van der Waals surface area contributed by atoms with Crippen molar-refractivity contribution >= 4 is 33.4 Å². The lowest BCUT2D eigenvalue weighted by atomic mass is 9.95. The van der Waals surface area contributed by atoms with Crippen molar-refractivity contribution < 1.29 is 9.59 Å². The standard InChI is InChI=1S/C17H22BrN3O2/c18-14-3-1-2-4-15(14)21-10-7-13(17(21)23)16(22)20-8-5-12(11-19)6-9-20/h1-4,12-13H,5-11,19H2. The smallest absolute Gasteiger partial charge is 0.239 e. The predicted molar refractivity (Wildman–Crippen MR) is 93.0 cm³/mol. The van der Waals surface area contributed by atoms with E-state index in [1.165, 1.54) is 0 Å². The summed E-state index contributed by atoms with van der Waals surface area (Å²) in [6, 6.07) is 7.63. The number of benzene rings is 1. The molecule has 0 bridgehead atoms. The lowest BCUT2D eigenvalue weighted by Crippen LogP contribution is -2.45. The highest BCUT2D eigenvalue weighted by molar-refractivity contribution is 9.10.